The molecule has 0 unspecified atom stereocenters. The van der Waals surface area contributed by atoms with Gasteiger partial charge in [0.15, 0.2) is 0 Å². The molecule has 0 N–H and O–H groups in total. The SMILES string of the molecule is c1cc2c3ncncc3n3c4ccccc4c4c5ccsc5c(c1)c2c43. The van der Waals surface area contributed by atoms with Crippen molar-refractivity contribution in [3.63, 3.8) is 0 Å². The second-order valence-corrected chi connectivity index (χ2v) is 7.64. The molecule has 0 saturated heterocycles. The van der Waals surface area contributed by atoms with Crippen molar-refractivity contribution < 1.29 is 0 Å². The maximum atomic E-state index is 4.66. The molecule has 3 aromatic carbocycles. The van der Waals surface area contributed by atoms with Gasteiger partial charge in [0.25, 0.3) is 0 Å². The summed E-state index contributed by atoms with van der Waals surface area (Å²) in [6.45, 7) is 0. The number of para-hydroxylation sites is 1. The fourth-order valence-electron chi connectivity index (χ4n) is 4.60. The van der Waals surface area contributed by atoms with Gasteiger partial charge in [-0.1, -0.05) is 36.4 Å². The van der Waals surface area contributed by atoms with E-state index in [1.807, 2.05) is 17.5 Å². The fourth-order valence-corrected chi connectivity index (χ4v) is 5.54. The number of hydrogen-bond acceptors (Lipinski definition) is 3. The largest absolute Gasteiger partial charge is 0.305 e. The van der Waals surface area contributed by atoms with E-state index < -0.39 is 0 Å². The van der Waals surface area contributed by atoms with Gasteiger partial charge >= 0.3 is 0 Å². The number of hydrogen-bond donors (Lipinski definition) is 0. The van der Waals surface area contributed by atoms with Crippen molar-refractivity contribution in [2.75, 3.05) is 0 Å². The normalized spacial score (nSPS) is 12.6. The molecule has 0 spiro atoms. The van der Waals surface area contributed by atoms with Gasteiger partial charge in [0.2, 0.25) is 0 Å². The molecule has 4 aromatic heterocycles. The molecule has 0 saturated carbocycles. The molecule has 7 rings (SSSR count). The molecule has 0 amide bonds. The van der Waals surface area contributed by atoms with Gasteiger partial charge in [-0.15, -0.1) is 11.3 Å². The average molecular weight is 349 g/mol. The second kappa shape index (κ2) is 4.29. The van der Waals surface area contributed by atoms with Crippen LogP contribution in [0.3, 0.4) is 0 Å². The minimum atomic E-state index is 1.01. The third-order valence-electron chi connectivity index (χ3n) is 5.54. The molecule has 3 nitrogen and oxygen atoms in total. The maximum Gasteiger partial charge on any atom is 0.116 e. The lowest BCUT2D eigenvalue weighted by Gasteiger charge is -2.12. The Kier molecular flexibility index (Phi) is 2.15. The number of fused-ring (bicyclic) bond motifs is 9. The van der Waals surface area contributed by atoms with Crippen LogP contribution in [0.15, 0.2) is 66.4 Å². The van der Waals surface area contributed by atoms with Crippen LogP contribution in [0, 0.1) is 0 Å². The zero-order valence-electron chi connectivity index (χ0n) is 13.6. The topological polar surface area (TPSA) is 30.2 Å². The van der Waals surface area contributed by atoms with Gasteiger partial charge in [-0.3, -0.25) is 0 Å². The van der Waals surface area contributed by atoms with Gasteiger partial charge in [0.1, 0.15) is 6.33 Å². The molecular formula is C22H11N3S. The highest BCUT2D eigenvalue weighted by Crippen LogP contribution is 2.46. The van der Waals surface area contributed by atoms with Crippen molar-refractivity contribution in [2.45, 2.75) is 0 Å². The van der Waals surface area contributed by atoms with Crippen molar-refractivity contribution in [2.24, 2.45) is 0 Å². The summed E-state index contributed by atoms with van der Waals surface area (Å²) in [7, 11) is 0. The lowest BCUT2D eigenvalue weighted by Crippen LogP contribution is -1.95. The Balaban J connectivity index is 2.08. The van der Waals surface area contributed by atoms with Crippen LogP contribution < -0.4 is 0 Å². The van der Waals surface area contributed by atoms with E-state index in [0.29, 0.717) is 0 Å². The Bertz CT molecular complexity index is 1610. The summed E-state index contributed by atoms with van der Waals surface area (Å²) in [5.41, 5.74) is 4.57. The van der Waals surface area contributed by atoms with E-state index in [0.717, 1.165) is 11.0 Å². The highest BCUT2D eigenvalue weighted by molar-refractivity contribution is 7.18. The molecule has 0 fully saturated rings. The second-order valence-electron chi connectivity index (χ2n) is 6.72. The first-order valence-corrected chi connectivity index (χ1v) is 9.47. The van der Waals surface area contributed by atoms with Crippen LogP contribution in [0.4, 0.5) is 0 Å². The summed E-state index contributed by atoms with van der Waals surface area (Å²) < 4.78 is 3.71. The van der Waals surface area contributed by atoms with Crippen LogP contribution in [0.1, 0.15) is 0 Å². The van der Waals surface area contributed by atoms with E-state index in [1.54, 1.807) is 6.33 Å². The maximum absolute atomic E-state index is 4.66. The van der Waals surface area contributed by atoms with Gasteiger partial charge < -0.3 is 4.40 Å². The molecule has 0 aliphatic carbocycles. The molecule has 26 heavy (non-hydrogen) atoms. The molecule has 4 heterocycles. The summed E-state index contributed by atoms with van der Waals surface area (Å²) >= 11 is 1.82. The Morgan fingerprint density at radius 1 is 0.769 bits per heavy atom. The van der Waals surface area contributed by atoms with Crippen LogP contribution in [-0.4, -0.2) is 14.4 Å². The van der Waals surface area contributed by atoms with Crippen molar-refractivity contribution in [3.8, 4) is 0 Å². The summed E-state index contributed by atoms with van der Waals surface area (Å²) in [6, 6.07) is 17.5. The van der Waals surface area contributed by atoms with Gasteiger partial charge in [0, 0.05) is 37.0 Å². The molecular weight excluding hydrogens is 338 g/mol. The van der Waals surface area contributed by atoms with E-state index in [2.05, 4.69) is 68.3 Å². The Morgan fingerprint density at radius 3 is 2.58 bits per heavy atom. The number of nitrogens with zero attached hydrogens (tertiary/aromatic N) is 3. The van der Waals surface area contributed by atoms with E-state index in [9.17, 15) is 0 Å². The summed E-state index contributed by atoms with van der Waals surface area (Å²) in [4.78, 5) is 8.99. The predicted octanol–water partition coefficient (Wildman–Crippen LogP) is 5.99. The minimum Gasteiger partial charge on any atom is -0.305 e. The highest BCUT2D eigenvalue weighted by atomic mass is 32.1. The third kappa shape index (κ3) is 1.31. The average Bonchev–Trinajstić information content (AvgIpc) is 3.31. The van der Waals surface area contributed by atoms with Crippen molar-refractivity contribution in [1.82, 2.24) is 14.4 Å². The molecule has 7 aromatic rings. The van der Waals surface area contributed by atoms with E-state index in [-0.39, 0.29) is 0 Å². The van der Waals surface area contributed by atoms with Crippen molar-refractivity contribution in [1.29, 1.82) is 0 Å². The first kappa shape index (κ1) is 13.0. The first-order valence-electron chi connectivity index (χ1n) is 8.59. The van der Waals surface area contributed by atoms with E-state index in [4.69, 9.17) is 0 Å². The third-order valence-corrected chi connectivity index (χ3v) is 6.49. The summed E-state index contributed by atoms with van der Waals surface area (Å²) in [5.74, 6) is 0. The fraction of sp³-hybridized carbons (Fsp3) is 0. The number of aromatic nitrogens is 3. The molecule has 4 heteroatoms. The van der Waals surface area contributed by atoms with Crippen molar-refractivity contribution >= 4 is 70.4 Å². The van der Waals surface area contributed by atoms with Crippen LogP contribution in [-0.2, 0) is 0 Å². The molecule has 0 bridgehead atoms. The molecule has 0 aliphatic heterocycles. The van der Waals surface area contributed by atoms with Crippen LogP contribution >= 0.6 is 11.3 Å². The van der Waals surface area contributed by atoms with E-state index >= 15 is 0 Å². The van der Waals surface area contributed by atoms with Crippen molar-refractivity contribution in [3.05, 3.63) is 66.4 Å². The standard InChI is InChI=1S/C22H11N3S/c1-2-7-16-12(4-1)18-15-8-9-26-22(15)14-6-3-5-13-19(14)21(18)25(16)17-10-23-11-24-20(13)17/h1-11H. The van der Waals surface area contributed by atoms with Crippen LogP contribution in [0.25, 0.3) is 59.1 Å². The number of rotatable bonds is 0. The Hall–Kier alpha value is -3.24. The number of pyridine rings is 1. The van der Waals surface area contributed by atoms with Crippen LogP contribution in [0.2, 0.25) is 0 Å². The first-order chi connectivity index (χ1) is 12.9. The van der Waals surface area contributed by atoms with Gasteiger partial charge in [-0.25, -0.2) is 9.97 Å². The van der Waals surface area contributed by atoms with Crippen LogP contribution in [0.5, 0.6) is 0 Å². The number of benzene rings is 3. The monoisotopic (exact) mass is 349 g/mol. The van der Waals surface area contributed by atoms with Gasteiger partial charge in [0.05, 0.1) is 28.3 Å². The predicted molar refractivity (Wildman–Crippen MR) is 110 cm³/mol. The van der Waals surface area contributed by atoms with Gasteiger partial charge in [-0.2, -0.15) is 0 Å². The quantitative estimate of drug-likeness (QED) is 0.248. The lowest BCUT2D eigenvalue weighted by molar-refractivity contribution is 1.19. The Morgan fingerprint density at radius 2 is 1.58 bits per heavy atom. The Labute approximate surface area is 151 Å². The number of thiophene rings is 1. The molecule has 120 valence electrons. The molecule has 0 aliphatic rings. The minimum absolute atomic E-state index is 1.01. The zero-order chi connectivity index (χ0) is 16.8. The smallest absolute Gasteiger partial charge is 0.116 e. The van der Waals surface area contributed by atoms with Gasteiger partial charge in [-0.05, 0) is 17.5 Å². The molecule has 0 atom stereocenters. The lowest BCUT2D eigenvalue weighted by atomic mass is 9.98. The highest BCUT2D eigenvalue weighted by Gasteiger charge is 2.21. The zero-order valence-corrected chi connectivity index (χ0v) is 14.4. The summed E-state index contributed by atoms with van der Waals surface area (Å²) in [6.07, 6.45) is 3.59. The molecule has 0 radical (unpaired) electrons. The van der Waals surface area contributed by atoms with E-state index in [1.165, 1.54) is 48.1 Å². The summed E-state index contributed by atoms with van der Waals surface area (Å²) in [5, 5.41) is 9.99.